The van der Waals surface area contributed by atoms with Crippen molar-refractivity contribution in [3.63, 3.8) is 0 Å². The summed E-state index contributed by atoms with van der Waals surface area (Å²) in [5.41, 5.74) is 2.28. The second-order valence-corrected chi connectivity index (χ2v) is 7.82. The van der Waals surface area contributed by atoms with E-state index in [0.29, 0.717) is 17.1 Å². The Kier molecular flexibility index (Phi) is 6.75. The van der Waals surface area contributed by atoms with Crippen LogP contribution in [0.2, 0.25) is 0 Å². The van der Waals surface area contributed by atoms with Crippen LogP contribution in [0.4, 0.5) is 17.1 Å². The van der Waals surface area contributed by atoms with E-state index in [0.717, 1.165) is 24.7 Å². The maximum Gasteiger partial charge on any atom is 0.314 e. The third-order valence-corrected chi connectivity index (χ3v) is 4.96. The predicted molar refractivity (Wildman–Crippen MR) is 117 cm³/mol. The van der Waals surface area contributed by atoms with E-state index in [1.165, 1.54) is 12.8 Å². The fourth-order valence-electron chi connectivity index (χ4n) is 3.29. The molecule has 0 bridgehead atoms. The van der Waals surface area contributed by atoms with Gasteiger partial charge in [-0.15, -0.1) is 0 Å². The molecule has 0 radical (unpaired) electrons. The molecule has 2 amide bonds. The number of piperidine rings is 1. The number of carbonyl (C=O) groups is 2. The first kappa shape index (κ1) is 20.7. The molecule has 0 saturated carbocycles. The van der Waals surface area contributed by atoms with Gasteiger partial charge in [-0.2, -0.15) is 0 Å². The van der Waals surface area contributed by atoms with Crippen LogP contribution in [0.5, 0.6) is 5.75 Å². The summed E-state index contributed by atoms with van der Waals surface area (Å²) in [6, 6.07) is 14.6. The highest BCUT2D eigenvalue weighted by Crippen LogP contribution is 2.24. The third kappa shape index (κ3) is 5.98. The number of anilines is 3. The first-order valence-corrected chi connectivity index (χ1v) is 10.1. The number of benzene rings is 2. The number of hydrogen-bond acceptors (Lipinski definition) is 4. The molecule has 29 heavy (non-hydrogen) atoms. The molecule has 6 heteroatoms. The normalized spacial score (nSPS) is 14.6. The van der Waals surface area contributed by atoms with Crippen LogP contribution in [0.15, 0.2) is 48.5 Å². The number of amides is 2. The Balaban J connectivity index is 1.52. The Bertz CT molecular complexity index is 823. The van der Waals surface area contributed by atoms with Gasteiger partial charge in [0.15, 0.2) is 0 Å². The second-order valence-electron chi connectivity index (χ2n) is 7.82. The van der Waals surface area contributed by atoms with Crippen LogP contribution < -0.4 is 20.3 Å². The summed E-state index contributed by atoms with van der Waals surface area (Å²) in [5, 5.41) is 5.24. The summed E-state index contributed by atoms with van der Waals surface area (Å²) in [6.45, 7) is 8.28. The van der Waals surface area contributed by atoms with Crippen molar-refractivity contribution in [1.82, 2.24) is 0 Å². The van der Waals surface area contributed by atoms with E-state index in [2.05, 4.69) is 22.5 Å². The van der Waals surface area contributed by atoms with Crippen molar-refractivity contribution in [1.29, 1.82) is 0 Å². The lowest BCUT2D eigenvalue weighted by molar-refractivity contribution is -0.132. The minimum Gasteiger partial charge on any atom is -0.491 e. The highest BCUT2D eigenvalue weighted by Gasteiger charge is 2.17. The largest absolute Gasteiger partial charge is 0.491 e. The van der Waals surface area contributed by atoms with Crippen molar-refractivity contribution < 1.29 is 14.3 Å². The molecule has 1 heterocycles. The van der Waals surface area contributed by atoms with Gasteiger partial charge in [-0.3, -0.25) is 9.59 Å². The van der Waals surface area contributed by atoms with Gasteiger partial charge in [0.05, 0.1) is 6.10 Å². The van der Waals surface area contributed by atoms with Crippen LogP contribution in [0, 0.1) is 5.92 Å². The molecule has 1 fully saturated rings. The monoisotopic (exact) mass is 395 g/mol. The number of carbonyl (C=O) groups excluding carboxylic acids is 2. The Morgan fingerprint density at radius 1 is 0.897 bits per heavy atom. The predicted octanol–water partition coefficient (Wildman–Crippen LogP) is 4.29. The van der Waals surface area contributed by atoms with E-state index in [1.54, 1.807) is 24.3 Å². The highest BCUT2D eigenvalue weighted by molar-refractivity contribution is 6.43. The number of rotatable bonds is 5. The first-order chi connectivity index (χ1) is 13.9. The number of nitrogens with zero attached hydrogens (tertiary/aromatic N) is 1. The summed E-state index contributed by atoms with van der Waals surface area (Å²) < 4.78 is 5.56. The van der Waals surface area contributed by atoms with Gasteiger partial charge in [0.25, 0.3) is 0 Å². The van der Waals surface area contributed by atoms with Gasteiger partial charge in [0.2, 0.25) is 0 Å². The molecular formula is C23H29N3O3. The highest BCUT2D eigenvalue weighted by atomic mass is 16.5. The fourth-order valence-corrected chi connectivity index (χ4v) is 3.29. The lowest BCUT2D eigenvalue weighted by atomic mass is 9.99. The van der Waals surface area contributed by atoms with Gasteiger partial charge in [-0.1, -0.05) is 6.92 Å². The molecule has 2 N–H and O–H groups in total. The van der Waals surface area contributed by atoms with Crippen LogP contribution in [0.1, 0.15) is 33.6 Å². The molecule has 1 saturated heterocycles. The fraction of sp³-hybridized carbons (Fsp3) is 0.391. The maximum atomic E-state index is 12.2. The summed E-state index contributed by atoms with van der Waals surface area (Å²) in [5.74, 6) is 0.0802. The first-order valence-electron chi connectivity index (χ1n) is 10.1. The zero-order valence-corrected chi connectivity index (χ0v) is 17.3. The Labute approximate surface area is 172 Å². The van der Waals surface area contributed by atoms with E-state index in [-0.39, 0.29) is 6.10 Å². The molecule has 3 rings (SSSR count). The van der Waals surface area contributed by atoms with Crippen LogP contribution in [0.3, 0.4) is 0 Å². The molecule has 1 aliphatic rings. The molecule has 6 nitrogen and oxygen atoms in total. The summed E-state index contributed by atoms with van der Waals surface area (Å²) in [6.07, 6.45) is 2.47. The van der Waals surface area contributed by atoms with Crippen LogP contribution >= 0.6 is 0 Å². The van der Waals surface area contributed by atoms with Crippen molar-refractivity contribution in [3.05, 3.63) is 48.5 Å². The minimum atomic E-state index is -0.711. The van der Waals surface area contributed by atoms with Gasteiger partial charge in [-0.05, 0) is 81.1 Å². The Hall–Kier alpha value is -3.02. The lowest BCUT2D eigenvalue weighted by Gasteiger charge is -2.32. The molecule has 0 aliphatic carbocycles. The quantitative estimate of drug-likeness (QED) is 0.741. The average molecular weight is 396 g/mol. The Morgan fingerprint density at radius 3 is 1.86 bits per heavy atom. The van der Waals surface area contributed by atoms with E-state index in [9.17, 15) is 9.59 Å². The molecule has 0 aromatic heterocycles. The standard InChI is InChI=1S/C23H29N3O3/c1-16(2)29-21-10-6-19(7-11-21)25-23(28)22(27)24-18-4-8-20(9-5-18)26-14-12-17(3)13-15-26/h4-11,16-17H,12-15H2,1-3H3,(H,24,27)(H,25,28). The molecule has 2 aromatic rings. The maximum absolute atomic E-state index is 12.2. The van der Waals surface area contributed by atoms with Gasteiger partial charge >= 0.3 is 11.8 Å². The Morgan fingerprint density at radius 2 is 1.38 bits per heavy atom. The van der Waals surface area contributed by atoms with Crippen molar-refractivity contribution in [2.75, 3.05) is 28.6 Å². The smallest absolute Gasteiger partial charge is 0.314 e. The molecule has 154 valence electrons. The molecule has 2 aromatic carbocycles. The van der Waals surface area contributed by atoms with Crippen molar-refractivity contribution in [3.8, 4) is 5.75 Å². The number of ether oxygens (including phenoxy) is 1. The van der Waals surface area contributed by atoms with Crippen LogP contribution in [-0.2, 0) is 9.59 Å². The van der Waals surface area contributed by atoms with E-state index < -0.39 is 11.8 Å². The van der Waals surface area contributed by atoms with Gasteiger partial charge in [0.1, 0.15) is 5.75 Å². The number of nitrogens with one attached hydrogen (secondary N) is 2. The van der Waals surface area contributed by atoms with E-state index in [4.69, 9.17) is 4.74 Å². The molecule has 0 atom stereocenters. The zero-order chi connectivity index (χ0) is 20.8. The molecule has 0 unspecified atom stereocenters. The van der Waals surface area contributed by atoms with Gasteiger partial charge in [0, 0.05) is 30.2 Å². The average Bonchev–Trinajstić information content (AvgIpc) is 2.70. The topological polar surface area (TPSA) is 70.7 Å². The lowest BCUT2D eigenvalue weighted by Crippen LogP contribution is -2.32. The van der Waals surface area contributed by atoms with E-state index >= 15 is 0 Å². The summed E-state index contributed by atoms with van der Waals surface area (Å²) in [7, 11) is 0. The summed E-state index contributed by atoms with van der Waals surface area (Å²) in [4.78, 5) is 26.7. The molecule has 0 spiro atoms. The third-order valence-electron chi connectivity index (χ3n) is 4.96. The van der Waals surface area contributed by atoms with Crippen molar-refractivity contribution in [2.45, 2.75) is 39.7 Å². The van der Waals surface area contributed by atoms with Gasteiger partial charge < -0.3 is 20.3 Å². The SMILES string of the molecule is CC1CCN(c2ccc(NC(=O)C(=O)Nc3ccc(OC(C)C)cc3)cc2)CC1. The summed E-state index contributed by atoms with van der Waals surface area (Å²) >= 11 is 0. The zero-order valence-electron chi connectivity index (χ0n) is 17.3. The van der Waals surface area contributed by atoms with Crippen LogP contribution in [0.25, 0.3) is 0 Å². The van der Waals surface area contributed by atoms with Crippen molar-refractivity contribution in [2.24, 2.45) is 5.92 Å². The second kappa shape index (κ2) is 9.45. The minimum absolute atomic E-state index is 0.0751. The van der Waals surface area contributed by atoms with Crippen molar-refractivity contribution >= 4 is 28.9 Å². The van der Waals surface area contributed by atoms with Crippen LogP contribution in [-0.4, -0.2) is 31.0 Å². The number of hydrogen-bond donors (Lipinski definition) is 2. The molecule has 1 aliphatic heterocycles. The molecular weight excluding hydrogens is 366 g/mol. The van der Waals surface area contributed by atoms with Gasteiger partial charge in [-0.25, -0.2) is 0 Å². The van der Waals surface area contributed by atoms with E-state index in [1.807, 2.05) is 38.1 Å².